The number of carbonyl (C=O) groups is 1. The highest BCUT2D eigenvalue weighted by molar-refractivity contribution is 5.91. The number of amides is 1. The molecule has 0 saturated carbocycles. The van der Waals surface area contributed by atoms with Crippen molar-refractivity contribution in [3.05, 3.63) is 90.0 Å². The lowest BCUT2D eigenvalue weighted by Crippen LogP contribution is -2.23. The third-order valence-corrected chi connectivity index (χ3v) is 3.74. The number of hydrogen-bond donors (Lipinski definition) is 1. The van der Waals surface area contributed by atoms with Crippen molar-refractivity contribution in [1.29, 1.82) is 0 Å². The van der Waals surface area contributed by atoms with Crippen LogP contribution in [0.2, 0.25) is 0 Å². The molecule has 1 amide bonds. The van der Waals surface area contributed by atoms with Gasteiger partial charge in [-0.25, -0.2) is 9.07 Å². The predicted octanol–water partition coefficient (Wildman–Crippen LogP) is 3.38. The van der Waals surface area contributed by atoms with Gasteiger partial charge in [0.1, 0.15) is 5.82 Å². The third kappa shape index (κ3) is 4.64. The highest BCUT2D eigenvalue weighted by Gasteiger charge is 2.00. The summed E-state index contributed by atoms with van der Waals surface area (Å²) in [5.74, 6) is -0.583. The van der Waals surface area contributed by atoms with Gasteiger partial charge in [-0.05, 0) is 42.3 Å². The molecule has 0 radical (unpaired) electrons. The molecule has 126 valence electrons. The summed E-state index contributed by atoms with van der Waals surface area (Å²) >= 11 is 0. The summed E-state index contributed by atoms with van der Waals surface area (Å²) in [7, 11) is 0. The minimum atomic E-state index is -0.344. The first-order valence-corrected chi connectivity index (χ1v) is 8.02. The van der Waals surface area contributed by atoms with Gasteiger partial charge in [-0.15, -0.1) is 0 Å². The van der Waals surface area contributed by atoms with Crippen molar-refractivity contribution in [3.8, 4) is 5.69 Å². The van der Waals surface area contributed by atoms with Crippen molar-refractivity contribution in [2.24, 2.45) is 0 Å². The van der Waals surface area contributed by atoms with Crippen LogP contribution in [-0.2, 0) is 11.2 Å². The minimum absolute atomic E-state index is 0.239. The van der Waals surface area contributed by atoms with Crippen LogP contribution >= 0.6 is 0 Å². The Morgan fingerprint density at radius 1 is 1.12 bits per heavy atom. The first kappa shape index (κ1) is 16.6. The molecule has 1 N–H and O–H groups in total. The molecule has 5 heteroatoms. The van der Waals surface area contributed by atoms with E-state index in [-0.39, 0.29) is 11.7 Å². The van der Waals surface area contributed by atoms with Gasteiger partial charge in [0.25, 0.3) is 0 Å². The van der Waals surface area contributed by atoms with E-state index in [1.54, 1.807) is 29.1 Å². The monoisotopic (exact) mass is 335 g/mol. The van der Waals surface area contributed by atoms with Gasteiger partial charge in [0.05, 0.1) is 5.69 Å². The maximum absolute atomic E-state index is 13.5. The summed E-state index contributed by atoms with van der Waals surface area (Å²) in [5, 5.41) is 6.98. The molecule has 0 atom stereocenters. The zero-order valence-corrected chi connectivity index (χ0v) is 13.6. The smallest absolute Gasteiger partial charge is 0.244 e. The van der Waals surface area contributed by atoms with Crippen LogP contribution in [0.5, 0.6) is 0 Å². The molecule has 1 aromatic heterocycles. The second-order valence-electron chi connectivity index (χ2n) is 5.51. The SMILES string of the molecule is O=C(/C=C/c1ccccc1F)NCCc1ccc(-n2cccn2)cc1. The molecule has 3 rings (SSSR count). The second kappa shape index (κ2) is 8.06. The molecule has 1 heterocycles. The van der Waals surface area contributed by atoms with Gasteiger partial charge in [-0.1, -0.05) is 30.3 Å². The lowest BCUT2D eigenvalue weighted by Gasteiger charge is -2.05. The quantitative estimate of drug-likeness (QED) is 0.702. The summed E-state index contributed by atoms with van der Waals surface area (Å²) < 4.78 is 15.2. The number of benzene rings is 2. The summed E-state index contributed by atoms with van der Waals surface area (Å²) in [6.45, 7) is 0.515. The van der Waals surface area contributed by atoms with Crippen LogP contribution in [0.1, 0.15) is 11.1 Å². The van der Waals surface area contributed by atoms with Gasteiger partial charge >= 0.3 is 0 Å². The van der Waals surface area contributed by atoms with E-state index in [1.165, 1.54) is 18.2 Å². The average Bonchev–Trinajstić information content (AvgIpc) is 3.16. The maximum atomic E-state index is 13.5. The van der Waals surface area contributed by atoms with Crippen LogP contribution < -0.4 is 5.32 Å². The molecule has 0 saturated heterocycles. The molecule has 2 aromatic carbocycles. The largest absolute Gasteiger partial charge is 0.352 e. The Bertz CT molecular complexity index is 855. The fraction of sp³-hybridized carbons (Fsp3) is 0.100. The lowest BCUT2D eigenvalue weighted by atomic mass is 10.1. The Hall–Kier alpha value is -3.21. The van der Waals surface area contributed by atoms with Crippen molar-refractivity contribution in [2.75, 3.05) is 6.54 Å². The van der Waals surface area contributed by atoms with Crippen molar-refractivity contribution >= 4 is 12.0 Å². The zero-order valence-electron chi connectivity index (χ0n) is 13.6. The Balaban J connectivity index is 1.48. The molecular formula is C20H18FN3O. The predicted molar refractivity (Wildman–Crippen MR) is 95.7 cm³/mol. The summed E-state index contributed by atoms with van der Waals surface area (Å²) in [5.41, 5.74) is 2.51. The van der Waals surface area contributed by atoms with E-state index in [0.717, 1.165) is 17.7 Å². The fourth-order valence-electron chi connectivity index (χ4n) is 2.40. The van der Waals surface area contributed by atoms with Gasteiger partial charge in [-0.2, -0.15) is 5.10 Å². The van der Waals surface area contributed by atoms with E-state index < -0.39 is 0 Å². The number of carbonyl (C=O) groups excluding carboxylic acids is 1. The summed E-state index contributed by atoms with van der Waals surface area (Å²) in [6, 6.07) is 16.2. The van der Waals surface area contributed by atoms with E-state index in [9.17, 15) is 9.18 Å². The number of nitrogens with one attached hydrogen (secondary N) is 1. The summed E-state index contributed by atoms with van der Waals surface area (Å²) in [4.78, 5) is 11.8. The lowest BCUT2D eigenvalue weighted by molar-refractivity contribution is -0.116. The van der Waals surface area contributed by atoms with E-state index in [0.29, 0.717) is 12.1 Å². The van der Waals surface area contributed by atoms with Crippen molar-refractivity contribution in [3.63, 3.8) is 0 Å². The van der Waals surface area contributed by atoms with Gasteiger partial charge in [0.2, 0.25) is 5.91 Å². The van der Waals surface area contributed by atoms with Crippen LogP contribution in [0, 0.1) is 5.82 Å². The number of halogens is 1. The van der Waals surface area contributed by atoms with Gasteiger partial charge < -0.3 is 5.32 Å². The van der Waals surface area contributed by atoms with Gasteiger partial charge in [-0.3, -0.25) is 4.79 Å². The van der Waals surface area contributed by atoms with Crippen LogP contribution in [-0.4, -0.2) is 22.2 Å². The Kier molecular flexibility index (Phi) is 5.36. The van der Waals surface area contributed by atoms with Crippen LogP contribution in [0.25, 0.3) is 11.8 Å². The first-order chi connectivity index (χ1) is 12.2. The topological polar surface area (TPSA) is 46.9 Å². The number of rotatable bonds is 6. The molecule has 25 heavy (non-hydrogen) atoms. The van der Waals surface area contributed by atoms with Crippen LogP contribution in [0.3, 0.4) is 0 Å². The Labute approximate surface area is 145 Å². The fourth-order valence-corrected chi connectivity index (χ4v) is 2.40. The van der Waals surface area contributed by atoms with Gasteiger partial charge in [0, 0.05) is 30.6 Å². The van der Waals surface area contributed by atoms with E-state index in [1.807, 2.05) is 36.5 Å². The van der Waals surface area contributed by atoms with E-state index in [2.05, 4.69) is 10.4 Å². The van der Waals surface area contributed by atoms with E-state index >= 15 is 0 Å². The van der Waals surface area contributed by atoms with Crippen molar-refractivity contribution < 1.29 is 9.18 Å². The molecule has 0 aliphatic carbocycles. The zero-order chi connectivity index (χ0) is 17.5. The second-order valence-corrected chi connectivity index (χ2v) is 5.51. The van der Waals surface area contributed by atoms with Crippen LogP contribution in [0.15, 0.2) is 73.1 Å². The maximum Gasteiger partial charge on any atom is 0.244 e. The highest BCUT2D eigenvalue weighted by atomic mass is 19.1. The molecule has 0 bridgehead atoms. The highest BCUT2D eigenvalue weighted by Crippen LogP contribution is 2.09. The number of nitrogens with zero attached hydrogens (tertiary/aromatic N) is 2. The molecule has 0 unspecified atom stereocenters. The van der Waals surface area contributed by atoms with E-state index in [4.69, 9.17) is 0 Å². The molecule has 0 aliphatic rings. The molecular weight excluding hydrogens is 317 g/mol. The third-order valence-electron chi connectivity index (χ3n) is 3.74. The summed E-state index contributed by atoms with van der Waals surface area (Å²) in [6.07, 6.45) is 7.16. The van der Waals surface area contributed by atoms with Gasteiger partial charge in [0.15, 0.2) is 0 Å². The minimum Gasteiger partial charge on any atom is -0.352 e. The molecule has 0 fully saturated rings. The van der Waals surface area contributed by atoms with Crippen molar-refractivity contribution in [1.82, 2.24) is 15.1 Å². The normalized spacial score (nSPS) is 10.9. The number of hydrogen-bond acceptors (Lipinski definition) is 2. The Morgan fingerprint density at radius 2 is 1.92 bits per heavy atom. The Morgan fingerprint density at radius 3 is 2.64 bits per heavy atom. The molecule has 0 aliphatic heterocycles. The molecule has 3 aromatic rings. The molecule has 0 spiro atoms. The van der Waals surface area contributed by atoms with Crippen LogP contribution in [0.4, 0.5) is 4.39 Å². The standard InChI is InChI=1S/C20H18FN3O/c21-19-5-2-1-4-17(19)8-11-20(25)22-14-12-16-6-9-18(10-7-16)24-15-3-13-23-24/h1-11,13,15H,12,14H2,(H,22,25)/b11-8+. The number of aromatic nitrogens is 2. The average molecular weight is 335 g/mol. The van der Waals surface area contributed by atoms with Crippen molar-refractivity contribution in [2.45, 2.75) is 6.42 Å². The molecule has 4 nitrogen and oxygen atoms in total. The first-order valence-electron chi connectivity index (χ1n) is 8.02.